The number of carbonyl (C=O) groups excluding carboxylic acids is 1. The second-order valence-electron chi connectivity index (χ2n) is 12.6. The second-order valence-corrected chi connectivity index (χ2v) is 12.6. The van der Waals surface area contributed by atoms with Crippen LogP contribution in [-0.2, 0) is 10.3 Å². The molecule has 1 aliphatic heterocycles. The monoisotopic (exact) mass is 502 g/mol. The number of halogens is 2. The summed E-state index contributed by atoms with van der Waals surface area (Å²) in [5.74, 6) is -3.13. The third-order valence-corrected chi connectivity index (χ3v) is 9.25. The number of aryl methyl sites for hydroxylation is 1. The number of hydrogen-bond donors (Lipinski definition) is 2. The van der Waals surface area contributed by atoms with Gasteiger partial charge < -0.3 is 15.2 Å². The predicted octanol–water partition coefficient (Wildman–Crippen LogP) is 5.99. The molecule has 4 fully saturated rings. The molecule has 2 bridgehead atoms. The SMILES string of the molecule is CCC(C)(C)COc1ccc([C@]2(C)NC(=O)N(C34CC(C(=O)O)(C3)C4)C=C2C2CC(F)(F)C2)cc1C. The van der Waals surface area contributed by atoms with Gasteiger partial charge in [-0.2, -0.15) is 0 Å². The molecule has 6 nitrogen and oxygen atoms in total. The van der Waals surface area contributed by atoms with Gasteiger partial charge in [-0.15, -0.1) is 0 Å². The van der Waals surface area contributed by atoms with Gasteiger partial charge in [0.2, 0.25) is 5.92 Å². The van der Waals surface area contributed by atoms with Crippen molar-refractivity contribution in [2.45, 2.75) is 90.1 Å². The average Bonchev–Trinajstić information content (AvgIpc) is 2.70. The fourth-order valence-corrected chi connectivity index (χ4v) is 6.37. The molecule has 6 rings (SSSR count). The van der Waals surface area contributed by atoms with Gasteiger partial charge >= 0.3 is 12.0 Å². The average molecular weight is 503 g/mol. The van der Waals surface area contributed by atoms with Crippen molar-refractivity contribution in [2.24, 2.45) is 16.7 Å². The van der Waals surface area contributed by atoms with Crippen molar-refractivity contribution in [1.82, 2.24) is 10.2 Å². The zero-order valence-electron chi connectivity index (χ0n) is 21.7. The molecule has 36 heavy (non-hydrogen) atoms. The number of benzene rings is 1. The number of carboxylic acid groups (broad SMARTS) is 1. The number of carboxylic acids is 1. The Hall–Kier alpha value is -2.64. The van der Waals surface area contributed by atoms with Crippen LogP contribution in [0.2, 0.25) is 0 Å². The fourth-order valence-electron chi connectivity index (χ4n) is 6.37. The Balaban J connectivity index is 1.45. The number of alkyl halides is 2. The zero-order valence-corrected chi connectivity index (χ0v) is 21.7. The predicted molar refractivity (Wildman–Crippen MR) is 131 cm³/mol. The molecule has 1 heterocycles. The maximum absolute atomic E-state index is 13.9. The van der Waals surface area contributed by atoms with Crippen LogP contribution < -0.4 is 10.1 Å². The summed E-state index contributed by atoms with van der Waals surface area (Å²) in [6.45, 7) is 10.8. The van der Waals surface area contributed by atoms with Crippen molar-refractivity contribution in [3.63, 3.8) is 0 Å². The highest BCUT2D eigenvalue weighted by Gasteiger charge is 2.75. The smallest absolute Gasteiger partial charge is 0.322 e. The van der Waals surface area contributed by atoms with Gasteiger partial charge in [-0.25, -0.2) is 13.6 Å². The van der Waals surface area contributed by atoms with E-state index < -0.39 is 28.4 Å². The molecule has 2 amide bonds. The van der Waals surface area contributed by atoms with Crippen LogP contribution in [0.4, 0.5) is 13.6 Å². The molecule has 0 aromatic heterocycles. The molecule has 2 N–H and O–H groups in total. The van der Waals surface area contributed by atoms with Crippen molar-refractivity contribution in [1.29, 1.82) is 0 Å². The van der Waals surface area contributed by atoms with Crippen molar-refractivity contribution < 1.29 is 28.2 Å². The molecule has 1 atom stereocenters. The van der Waals surface area contributed by atoms with Crippen LogP contribution in [0.25, 0.3) is 0 Å². The number of aliphatic carboxylic acids is 1. The highest BCUT2D eigenvalue weighted by Crippen LogP contribution is 2.70. The maximum Gasteiger partial charge on any atom is 0.322 e. The lowest BCUT2D eigenvalue weighted by atomic mass is 9.38. The van der Waals surface area contributed by atoms with E-state index in [0.717, 1.165) is 28.9 Å². The molecule has 196 valence electrons. The molecule has 0 radical (unpaired) electrons. The van der Waals surface area contributed by atoms with Crippen LogP contribution in [0.3, 0.4) is 0 Å². The Morgan fingerprint density at radius 2 is 1.89 bits per heavy atom. The quantitative estimate of drug-likeness (QED) is 0.458. The molecule has 1 aromatic rings. The van der Waals surface area contributed by atoms with Gasteiger partial charge in [-0.05, 0) is 79.7 Å². The molecular formula is C28H36F2N2O4. The van der Waals surface area contributed by atoms with E-state index >= 15 is 0 Å². The maximum atomic E-state index is 13.9. The van der Waals surface area contributed by atoms with Crippen LogP contribution in [-0.4, -0.2) is 40.1 Å². The normalized spacial score (nSPS) is 33.0. The Bertz CT molecular complexity index is 1130. The third kappa shape index (κ3) is 3.70. The Labute approximate surface area is 211 Å². The number of carbonyl (C=O) groups is 2. The highest BCUT2D eigenvalue weighted by molar-refractivity contribution is 5.85. The summed E-state index contributed by atoms with van der Waals surface area (Å²) in [5, 5.41) is 12.6. The number of amides is 2. The van der Waals surface area contributed by atoms with Crippen molar-refractivity contribution in [3.8, 4) is 5.75 Å². The first kappa shape index (κ1) is 25.0. The van der Waals surface area contributed by atoms with Gasteiger partial charge in [0.05, 0.1) is 23.1 Å². The van der Waals surface area contributed by atoms with Crippen LogP contribution in [0.1, 0.15) is 77.3 Å². The van der Waals surface area contributed by atoms with E-state index in [1.54, 1.807) is 11.1 Å². The molecule has 8 heteroatoms. The van der Waals surface area contributed by atoms with Gasteiger partial charge in [0, 0.05) is 19.0 Å². The lowest BCUT2D eigenvalue weighted by Crippen LogP contribution is -2.78. The topological polar surface area (TPSA) is 78.9 Å². The van der Waals surface area contributed by atoms with E-state index in [-0.39, 0.29) is 30.2 Å². The first-order valence-electron chi connectivity index (χ1n) is 12.8. The number of hydrogen-bond acceptors (Lipinski definition) is 3. The third-order valence-electron chi connectivity index (χ3n) is 9.25. The summed E-state index contributed by atoms with van der Waals surface area (Å²) in [7, 11) is 0. The van der Waals surface area contributed by atoms with E-state index in [0.29, 0.717) is 25.9 Å². The fraction of sp³-hybridized carbons (Fsp3) is 0.643. The van der Waals surface area contributed by atoms with Gasteiger partial charge in [-0.3, -0.25) is 9.69 Å². The lowest BCUT2D eigenvalue weighted by Gasteiger charge is -2.71. The second kappa shape index (κ2) is 7.68. The number of ether oxygens (including phenoxy) is 1. The van der Waals surface area contributed by atoms with Gasteiger partial charge in [-0.1, -0.05) is 26.8 Å². The molecule has 0 spiro atoms. The van der Waals surface area contributed by atoms with Gasteiger partial charge in [0.25, 0.3) is 0 Å². The highest BCUT2D eigenvalue weighted by atomic mass is 19.3. The van der Waals surface area contributed by atoms with E-state index in [4.69, 9.17) is 4.74 Å². The molecule has 1 aromatic carbocycles. The molecule has 0 saturated heterocycles. The number of nitrogens with zero attached hydrogens (tertiary/aromatic N) is 1. The molecular weight excluding hydrogens is 466 g/mol. The Morgan fingerprint density at radius 3 is 2.42 bits per heavy atom. The van der Waals surface area contributed by atoms with Crippen LogP contribution in [0.15, 0.2) is 30.0 Å². The summed E-state index contributed by atoms with van der Waals surface area (Å²) >= 11 is 0. The number of rotatable bonds is 8. The van der Waals surface area contributed by atoms with Crippen molar-refractivity contribution >= 4 is 12.0 Å². The van der Waals surface area contributed by atoms with Gasteiger partial charge in [0.15, 0.2) is 0 Å². The van der Waals surface area contributed by atoms with Crippen LogP contribution >= 0.6 is 0 Å². The summed E-state index contributed by atoms with van der Waals surface area (Å²) < 4.78 is 34.0. The standard InChI is InChI=1S/C28H36F2N2O4/c1-6-24(3,4)16-36-21-8-7-19(9-17(21)2)25(5)20(18-10-28(29,30)11-18)12-32(23(35)31-25)27-13-26(14-27,15-27)22(33)34/h7-9,12,18H,6,10-11,13-16H2,1-5H3,(H,31,35)(H,33,34)/t25-,26?,27?/m0/s1. The van der Waals surface area contributed by atoms with E-state index in [2.05, 4.69) is 26.1 Å². The minimum atomic E-state index is -2.71. The van der Waals surface area contributed by atoms with E-state index in [1.807, 2.05) is 32.0 Å². The summed E-state index contributed by atoms with van der Waals surface area (Å²) in [6.07, 6.45) is 3.45. The molecule has 5 aliphatic rings. The van der Waals surface area contributed by atoms with Crippen molar-refractivity contribution in [3.05, 3.63) is 41.1 Å². The summed E-state index contributed by atoms with van der Waals surface area (Å²) in [6, 6.07) is 5.46. The molecule has 4 saturated carbocycles. The molecule has 4 aliphatic carbocycles. The van der Waals surface area contributed by atoms with E-state index in [1.165, 1.54) is 0 Å². The first-order chi connectivity index (χ1) is 16.6. The lowest BCUT2D eigenvalue weighted by molar-refractivity contribution is -0.215. The van der Waals surface area contributed by atoms with E-state index in [9.17, 15) is 23.5 Å². The zero-order chi connectivity index (χ0) is 26.3. The summed E-state index contributed by atoms with van der Waals surface area (Å²) in [4.78, 5) is 26.6. The van der Waals surface area contributed by atoms with Gasteiger partial charge in [0.1, 0.15) is 5.75 Å². The van der Waals surface area contributed by atoms with Crippen LogP contribution in [0, 0.1) is 23.7 Å². The molecule has 0 unspecified atom stereocenters. The minimum absolute atomic E-state index is 0.0456. The number of urea groups is 1. The van der Waals surface area contributed by atoms with Crippen LogP contribution in [0.5, 0.6) is 5.75 Å². The Morgan fingerprint density at radius 1 is 1.25 bits per heavy atom. The Kier molecular flexibility index (Phi) is 5.34. The number of nitrogens with one attached hydrogen (secondary N) is 1. The summed E-state index contributed by atoms with van der Waals surface area (Å²) in [5.41, 5.74) is 0.314. The largest absolute Gasteiger partial charge is 0.493 e. The first-order valence-corrected chi connectivity index (χ1v) is 12.8. The van der Waals surface area contributed by atoms with Crippen molar-refractivity contribution in [2.75, 3.05) is 6.61 Å². The minimum Gasteiger partial charge on any atom is -0.493 e.